The van der Waals surface area contributed by atoms with Crippen molar-refractivity contribution in [1.29, 1.82) is 0 Å². The lowest BCUT2D eigenvalue weighted by molar-refractivity contribution is -0.118. The van der Waals surface area contributed by atoms with Crippen molar-refractivity contribution in [2.24, 2.45) is 5.92 Å². The van der Waals surface area contributed by atoms with Gasteiger partial charge in [-0.25, -0.2) is 0 Å². The van der Waals surface area contributed by atoms with Gasteiger partial charge in [0.1, 0.15) is 5.82 Å². The van der Waals surface area contributed by atoms with Crippen LogP contribution < -0.4 is 5.32 Å². The molecule has 0 bridgehead atoms. The van der Waals surface area contributed by atoms with Crippen LogP contribution in [0.3, 0.4) is 0 Å². The standard InChI is InChI=1S/C17H26N4OS/c22-15(18-10-12-4-2-1-3-5-12)11-23-17-20-19-16(13-6-7-13)21(17)14-8-9-14/h12-14H,1-11H2,(H,18,22). The minimum absolute atomic E-state index is 0.138. The van der Waals surface area contributed by atoms with Crippen LogP contribution in [0.25, 0.3) is 0 Å². The maximum atomic E-state index is 12.1. The quantitative estimate of drug-likeness (QED) is 0.778. The number of aromatic nitrogens is 3. The Morgan fingerprint density at radius 3 is 2.57 bits per heavy atom. The summed E-state index contributed by atoms with van der Waals surface area (Å²) in [4.78, 5) is 12.1. The van der Waals surface area contributed by atoms with Gasteiger partial charge in [0.15, 0.2) is 5.16 Å². The molecule has 3 aliphatic carbocycles. The number of rotatable bonds is 7. The fourth-order valence-corrected chi connectivity index (χ4v) is 4.36. The van der Waals surface area contributed by atoms with Gasteiger partial charge in [-0.2, -0.15) is 0 Å². The Bertz CT molecular complexity index is 559. The Morgan fingerprint density at radius 2 is 1.87 bits per heavy atom. The number of carbonyl (C=O) groups is 1. The maximum Gasteiger partial charge on any atom is 0.230 e. The summed E-state index contributed by atoms with van der Waals surface area (Å²) in [5, 5.41) is 12.8. The van der Waals surface area contributed by atoms with E-state index in [-0.39, 0.29) is 5.91 Å². The number of nitrogens with one attached hydrogen (secondary N) is 1. The first-order valence-corrected chi connectivity index (χ1v) is 10.1. The van der Waals surface area contributed by atoms with Crippen LogP contribution in [-0.2, 0) is 4.79 Å². The largest absolute Gasteiger partial charge is 0.355 e. The molecule has 3 fully saturated rings. The average molecular weight is 334 g/mol. The Hall–Kier alpha value is -1.04. The van der Waals surface area contributed by atoms with Gasteiger partial charge in [-0.05, 0) is 44.4 Å². The van der Waals surface area contributed by atoms with Crippen LogP contribution in [0.15, 0.2) is 5.16 Å². The zero-order valence-corrected chi connectivity index (χ0v) is 14.5. The van der Waals surface area contributed by atoms with Crippen LogP contribution in [0.1, 0.15) is 75.6 Å². The van der Waals surface area contributed by atoms with Crippen LogP contribution in [0.4, 0.5) is 0 Å². The molecule has 0 aliphatic heterocycles. The summed E-state index contributed by atoms with van der Waals surface area (Å²) in [6.07, 6.45) is 11.5. The van der Waals surface area contributed by atoms with E-state index in [0.717, 1.165) is 17.5 Å². The van der Waals surface area contributed by atoms with Gasteiger partial charge in [-0.15, -0.1) is 10.2 Å². The molecule has 0 spiro atoms. The van der Waals surface area contributed by atoms with Gasteiger partial charge >= 0.3 is 0 Å². The van der Waals surface area contributed by atoms with Crippen LogP contribution in [0, 0.1) is 5.92 Å². The molecule has 1 amide bonds. The van der Waals surface area contributed by atoms with Crippen molar-refractivity contribution >= 4 is 17.7 Å². The van der Waals surface area contributed by atoms with Crippen molar-refractivity contribution < 1.29 is 4.79 Å². The van der Waals surface area contributed by atoms with E-state index < -0.39 is 0 Å². The smallest absolute Gasteiger partial charge is 0.230 e. The van der Waals surface area contributed by atoms with E-state index in [9.17, 15) is 4.79 Å². The van der Waals surface area contributed by atoms with Gasteiger partial charge in [-0.3, -0.25) is 4.79 Å². The number of hydrogen-bond acceptors (Lipinski definition) is 4. The average Bonchev–Trinajstić information content (AvgIpc) is 3.50. The molecule has 23 heavy (non-hydrogen) atoms. The third-order valence-corrected chi connectivity index (χ3v) is 6.13. The summed E-state index contributed by atoms with van der Waals surface area (Å²) in [5.41, 5.74) is 0. The first-order chi connectivity index (χ1) is 11.3. The molecule has 126 valence electrons. The second-order valence-corrected chi connectivity index (χ2v) is 8.26. The highest BCUT2D eigenvalue weighted by molar-refractivity contribution is 7.99. The Balaban J connectivity index is 1.28. The summed E-state index contributed by atoms with van der Waals surface area (Å²) < 4.78 is 2.32. The Kier molecular flexibility index (Phi) is 4.60. The van der Waals surface area contributed by atoms with Crippen LogP contribution in [0.5, 0.6) is 0 Å². The molecule has 1 aromatic heterocycles. The Labute approximate surface area is 142 Å². The van der Waals surface area contributed by atoms with Crippen molar-refractivity contribution in [3.05, 3.63) is 5.82 Å². The summed E-state index contributed by atoms with van der Waals surface area (Å²) >= 11 is 1.55. The van der Waals surface area contributed by atoms with Gasteiger partial charge in [0.05, 0.1) is 5.75 Å². The molecule has 1 heterocycles. The van der Waals surface area contributed by atoms with Gasteiger partial charge in [0.2, 0.25) is 5.91 Å². The van der Waals surface area contributed by atoms with Crippen LogP contribution in [-0.4, -0.2) is 33.0 Å². The van der Waals surface area contributed by atoms with Crippen molar-refractivity contribution in [2.75, 3.05) is 12.3 Å². The molecule has 0 saturated heterocycles. The van der Waals surface area contributed by atoms with Gasteiger partial charge in [0.25, 0.3) is 0 Å². The summed E-state index contributed by atoms with van der Waals surface area (Å²) in [7, 11) is 0. The zero-order chi connectivity index (χ0) is 15.6. The van der Waals surface area contributed by atoms with E-state index in [0.29, 0.717) is 23.6 Å². The minimum atomic E-state index is 0.138. The lowest BCUT2D eigenvalue weighted by Crippen LogP contribution is -2.31. The molecule has 1 N–H and O–H groups in total. The topological polar surface area (TPSA) is 59.8 Å². The third kappa shape index (κ3) is 3.90. The van der Waals surface area contributed by atoms with E-state index >= 15 is 0 Å². The molecule has 0 unspecified atom stereocenters. The Morgan fingerprint density at radius 1 is 1.09 bits per heavy atom. The minimum Gasteiger partial charge on any atom is -0.355 e. The van der Waals surface area contributed by atoms with Crippen molar-refractivity contribution in [3.63, 3.8) is 0 Å². The van der Waals surface area contributed by atoms with Crippen molar-refractivity contribution in [3.8, 4) is 0 Å². The number of thioether (sulfide) groups is 1. The number of carbonyl (C=O) groups excluding carboxylic acids is 1. The molecule has 0 atom stereocenters. The molecule has 3 saturated carbocycles. The molecule has 6 heteroatoms. The third-order valence-electron chi connectivity index (χ3n) is 5.19. The van der Waals surface area contributed by atoms with Crippen molar-refractivity contribution in [1.82, 2.24) is 20.1 Å². The van der Waals surface area contributed by atoms with E-state index in [1.54, 1.807) is 11.8 Å². The molecular formula is C17H26N4OS. The fraction of sp³-hybridized carbons (Fsp3) is 0.824. The summed E-state index contributed by atoms with van der Waals surface area (Å²) in [5.74, 6) is 3.07. The highest BCUT2D eigenvalue weighted by Crippen LogP contribution is 2.45. The summed E-state index contributed by atoms with van der Waals surface area (Å²) in [6, 6.07) is 0.591. The molecule has 3 aliphatic rings. The van der Waals surface area contributed by atoms with Crippen LogP contribution >= 0.6 is 11.8 Å². The molecule has 0 aromatic carbocycles. The van der Waals surface area contributed by atoms with Gasteiger partial charge < -0.3 is 9.88 Å². The molecule has 4 rings (SSSR count). The molecule has 0 radical (unpaired) electrons. The SMILES string of the molecule is O=C(CSc1nnc(C2CC2)n1C1CC1)NCC1CCCCC1. The number of hydrogen-bond donors (Lipinski definition) is 1. The second-order valence-electron chi connectivity index (χ2n) is 7.31. The normalized spacial score (nSPS) is 22.3. The van der Waals surface area contributed by atoms with Crippen LogP contribution in [0.2, 0.25) is 0 Å². The highest BCUT2D eigenvalue weighted by Gasteiger charge is 2.36. The van der Waals surface area contributed by atoms with E-state index in [2.05, 4.69) is 20.1 Å². The van der Waals surface area contributed by atoms with E-state index in [1.165, 1.54) is 57.8 Å². The van der Waals surface area contributed by atoms with E-state index in [4.69, 9.17) is 0 Å². The monoisotopic (exact) mass is 334 g/mol. The molecular weight excluding hydrogens is 308 g/mol. The number of nitrogens with zero attached hydrogens (tertiary/aromatic N) is 3. The molecule has 5 nitrogen and oxygen atoms in total. The second kappa shape index (κ2) is 6.83. The first kappa shape index (κ1) is 15.5. The molecule has 1 aromatic rings. The fourth-order valence-electron chi connectivity index (χ4n) is 3.51. The summed E-state index contributed by atoms with van der Waals surface area (Å²) in [6.45, 7) is 0.849. The lowest BCUT2D eigenvalue weighted by atomic mass is 9.89. The lowest BCUT2D eigenvalue weighted by Gasteiger charge is -2.21. The predicted octanol–water partition coefficient (Wildman–Crippen LogP) is 3.28. The van der Waals surface area contributed by atoms with Gasteiger partial charge in [-0.1, -0.05) is 31.0 Å². The van der Waals surface area contributed by atoms with Gasteiger partial charge in [0, 0.05) is 18.5 Å². The van der Waals surface area contributed by atoms with E-state index in [1.807, 2.05) is 0 Å². The zero-order valence-electron chi connectivity index (χ0n) is 13.7. The highest BCUT2D eigenvalue weighted by atomic mass is 32.2. The predicted molar refractivity (Wildman–Crippen MR) is 90.6 cm³/mol. The van der Waals surface area contributed by atoms with Crippen molar-refractivity contribution in [2.45, 2.75) is 74.9 Å². The maximum absolute atomic E-state index is 12.1. The number of amides is 1. The first-order valence-electron chi connectivity index (χ1n) is 9.15.